The highest BCUT2D eigenvalue weighted by Crippen LogP contribution is 2.24. The van der Waals surface area contributed by atoms with E-state index in [9.17, 15) is 4.79 Å². The van der Waals surface area contributed by atoms with E-state index in [2.05, 4.69) is 24.7 Å². The molecule has 0 aliphatic heterocycles. The van der Waals surface area contributed by atoms with Crippen LogP contribution in [0.1, 0.15) is 17.4 Å². The van der Waals surface area contributed by atoms with E-state index in [-0.39, 0.29) is 6.73 Å². The van der Waals surface area contributed by atoms with Gasteiger partial charge in [-0.2, -0.15) is 0 Å². The molecule has 1 aromatic heterocycles. The molecule has 120 valence electrons. The van der Waals surface area contributed by atoms with E-state index < -0.39 is 14.0 Å². The van der Waals surface area contributed by atoms with E-state index in [0.717, 1.165) is 6.04 Å². The second-order valence-electron chi connectivity index (χ2n) is 5.74. The Morgan fingerprint density at radius 2 is 2.05 bits per heavy atom. The quantitative estimate of drug-likeness (QED) is 0.277. The molecule has 0 saturated heterocycles. The molecule has 21 heavy (non-hydrogen) atoms. The van der Waals surface area contributed by atoms with Gasteiger partial charge in [0.25, 0.3) is 0 Å². The van der Waals surface area contributed by atoms with Crippen LogP contribution < -0.4 is 4.74 Å². The molecule has 1 aromatic rings. The first-order chi connectivity index (χ1) is 9.80. The van der Waals surface area contributed by atoms with Gasteiger partial charge in [-0.25, -0.2) is 9.48 Å². The standard InChI is InChI=1S/C13H23IN2O4Si/c1-6-20-13(17)11-10(14)12(18-2)15-16(11)9-19-7-8-21(3,4)5/h6-9H2,1-5H3. The van der Waals surface area contributed by atoms with Gasteiger partial charge in [0.1, 0.15) is 10.3 Å². The smallest absolute Gasteiger partial charge is 0.357 e. The van der Waals surface area contributed by atoms with Gasteiger partial charge in [0.2, 0.25) is 5.88 Å². The van der Waals surface area contributed by atoms with E-state index >= 15 is 0 Å². The lowest BCUT2D eigenvalue weighted by atomic mass is 10.4. The van der Waals surface area contributed by atoms with Crippen LogP contribution in [0.4, 0.5) is 0 Å². The van der Waals surface area contributed by atoms with Crippen LogP contribution >= 0.6 is 22.6 Å². The van der Waals surface area contributed by atoms with Crippen molar-refractivity contribution in [1.82, 2.24) is 9.78 Å². The molecular formula is C13H23IN2O4Si. The van der Waals surface area contributed by atoms with Crippen LogP contribution in [0, 0.1) is 3.57 Å². The maximum absolute atomic E-state index is 12.0. The number of nitrogens with zero attached hydrogens (tertiary/aromatic N) is 2. The molecule has 0 aromatic carbocycles. The van der Waals surface area contributed by atoms with Crippen molar-refractivity contribution in [3.63, 3.8) is 0 Å². The van der Waals surface area contributed by atoms with Crippen molar-refractivity contribution in [2.75, 3.05) is 20.3 Å². The van der Waals surface area contributed by atoms with Gasteiger partial charge in [0.15, 0.2) is 5.69 Å². The number of hydrogen-bond acceptors (Lipinski definition) is 5. The Morgan fingerprint density at radius 1 is 1.38 bits per heavy atom. The van der Waals surface area contributed by atoms with E-state index in [1.165, 1.54) is 11.8 Å². The van der Waals surface area contributed by atoms with Gasteiger partial charge in [0, 0.05) is 14.7 Å². The van der Waals surface area contributed by atoms with Crippen LogP contribution in [0.3, 0.4) is 0 Å². The first kappa shape index (κ1) is 18.4. The first-order valence-electron chi connectivity index (χ1n) is 6.85. The molecular weight excluding hydrogens is 403 g/mol. The summed E-state index contributed by atoms with van der Waals surface area (Å²) in [7, 11) is 0.395. The van der Waals surface area contributed by atoms with Gasteiger partial charge in [-0.05, 0) is 35.6 Å². The fourth-order valence-electron chi connectivity index (χ4n) is 1.57. The molecule has 0 aliphatic carbocycles. The molecule has 0 bridgehead atoms. The van der Waals surface area contributed by atoms with E-state index in [1.54, 1.807) is 6.92 Å². The van der Waals surface area contributed by atoms with Crippen LogP contribution in [0.25, 0.3) is 0 Å². The van der Waals surface area contributed by atoms with Gasteiger partial charge in [0.05, 0.1) is 13.7 Å². The van der Waals surface area contributed by atoms with Gasteiger partial charge >= 0.3 is 5.97 Å². The summed E-state index contributed by atoms with van der Waals surface area (Å²) < 4.78 is 18.0. The molecule has 0 aliphatic rings. The molecule has 0 radical (unpaired) electrons. The Morgan fingerprint density at radius 3 is 2.57 bits per heavy atom. The summed E-state index contributed by atoms with van der Waals surface area (Å²) in [5.74, 6) is -0.000976. The molecule has 0 atom stereocenters. The third-order valence-electron chi connectivity index (χ3n) is 2.74. The molecule has 6 nitrogen and oxygen atoms in total. The Labute approximate surface area is 140 Å². The fraction of sp³-hybridized carbons (Fsp3) is 0.692. The largest absolute Gasteiger partial charge is 0.479 e. The summed E-state index contributed by atoms with van der Waals surface area (Å²) in [6.07, 6.45) is 0. The minimum absolute atomic E-state index is 0.220. The van der Waals surface area contributed by atoms with Crippen molar-refractivity contribution in [2.45, 2.75) is 39.3 Å². The highest BCUT2D eigenvalue weighted by molar-refractivity contribution is 14.1. The Hall–Kier alpha value is -0.613. The maximum atomic E-state index is 12.0. The lowest BCUT2D eigenvalue weighted by Crippen LogP contribution is -2.22. The minimum Gasteiger partial charge on any atom is -0.479 e. The zero-order valence-electron chi connectivity index (χ0n) is 13.2. The van der Waals surface area contributed by atoms with Crippen LogP contribution in [0.5, 0.6) is 5.88 Å². The van der Waals surface area contributed by atoms with Crippen molar-refractivity contribution in [3.8, 4) is 5.88 Å². The topological polar surface area (TPSA) is 62.6 Å². The molecule has 0 spiro atoms. The molecule has 0 N–H and O–H groups in total. The Balaban J connectivity index is 2.78. The second kappa shape index (κ2) is 8.13. The lowest BCUT2D eigenvalue weighted by Gasteiger charge is -2.15. The third-order valence-corrected chi connectivity index (χ3v) is 5.41. The second-order valence-corrected chi connectivity index (χ2v) is 12.4. The SMILES string of the molecule is CCOC(=O)c1c(I)c(OC)nn1COCC[Si](C)(C)C. The number of ether oxygens (including phenoxy) is 3. The molecule has 1 rings (SSSR count). The van der Waals surface area contributed by atoms with Crippen LogP contribution in [0.2, 0.25) is 25.7 Å². The third kappa shape index (κ3) is 5.59. The maximum Gasteiger partial charge on any atom is 0.357 e. The lowest BCUT2D eigenvalue weighted by molar-refractivity contribution is 0.0453. The van der Waals surface area contributed by atoms with E-state index in [0.29, 0.717) is 28.4 Å². The number of rotatable bonds is 8. The average Bonchev–Trinajstić information content (AvgIpc) is 2.70. The number of carbonyl (C=O) groups excluding carboxylic acids is 1. The number of hydrogen-bond donors (Lipinski definition) is 0. The summed E-state index contributed by atoms with van der Waals surface area (Å²) in [5.41, 5.74) is 0.377. The molecule has 0 saturated carbocycles. The number of esters is 1. The Bertz CT molecular complexity index is 485. The summed E-state index contributed by atoms with van der Waals surface area (Å²) in [5, 5.41) is 4.24. The van der Waals surface area contributed by atoms with Gasteiger partial charge in [-0.3, -0.25) is 0 Å². The fourth-order valence-corrected chi connectivity index (χ4v) is 3.15. The van der Waals surface area contributed by atoms with E-state index in [4.69, 9.17) is 14.2 Å². The zero-order valence-corrected chi connectivity index (χ0v) is 16.4. The summed E-state index contributed by atoms with van der Waals surface area (Å²) in [6.45, 7) is 9.85. The number of aromatic nitrogens is 2. The minimum atomic E-state index is -1.13. The average molecular weight is 426 g/mol. The van der Waals surface area contributed by atoms with Gasteiger partial charge in [-0.1, -0.05) is 19.6 Å². The predicted molar refractivity (Wildman–Crippen MR) is 91.6 cm³/mol. The van der Waals surface area contributed by atoms with Crippen molar-refractivity contribution in [1.29, 1.82) is 0 Å². The van der Waals surface area contributed by atoms with Crippen molar-refractivity contribution < 1.29 is 19.0 Å². The monoisotopic (exact) mass is 426 g/mol. The van der Waals surface area contributed by atoms with Gasteiger partial charge < -0.3 is 14.2 Å². The number of methoxy groups -OCH3 is 1. The summed E-state index contributed by atoms with van der Waals surface area (Å²) >= 11 is 2.03. The van der Waals surface area contributed by atoms with Crippen molar-refractivity contribution in [2.24, 2.45) is 0 Å². The molecule has 0 unspecified atom stereocenters. The Kier molecular flexibility index (Phi) is 7.14. The van der Waals surface area contributed by atoms with Crippen LogP contribution in [0.15, 0.2) is 0 Å². The normalized spacial score (nSPS) is 11.5. The van der Waals surface area contributed by atoms with Crippen LogP contribution in [-0.2, 0) is 16.2 Å². The van der Waals surface area contributed by atoms with Gasteiger partial charge in [-0.15, -0.1) is 5.10 Å². The molecule has 1 heterocycles. The predicted octanol–water partition coefficient (Wildman–Crippen LogP) is 2.99. The molecule has 0 fully saturated rings. The zero-order chi connectivity index (χ0) is 16.0. The van der Waals surface area contributed by atoms with Crippen LogP contribution in [-0.4, -0.2) is 44.1 Å². The molecule has 0 amide bonds. The van der Waals surface area contributed by atoms with Crippen molar-refractivity contribution in [3.05, 3.63) is 9.26 Å². The summed E-state index contributed by atoms with van der Waals surface area (Å²) in [4.78, 5) is 12.0. The summed E-state index contributed by atoms with van der Waals surface area (Å²) in [6, 6.07) is 1.07. The van der Waals surface area contributed by atoms with Crippen molar-refractivity contribution >= 4 is 36.6 Å². The van der Waals surface area contributed by atoms with E-state index in [1.807, 2.05) is 22.6 Å². The first-order valence-corrected chi connectivity index (χ1v) is 11.6. The highest BCUT2D eigenvalue weighted by Gasteiger charge is 2.24. The number of halogens is 1. The number of carbonyl (C=O) groups is 1. The molecule has 8 heteroatoms. The highest BCUT2D eigenvalue weighted by atomic mass is 127.